The van der Waals surface area contributed by atoms with Crippen LogP contribution in [0.2, 0.25) is 0 Å². The second-order valence-corrected chi connectivity index (χ2v) is 5.56. The number of thiol groups is 1. The number of aromatic nitrogens is 2. The molecule has 0 saturated carbocycles. The van der Waals surface area contributed by atoms with Gasteiger partial charge in [-0.3, -0.25) is 9.59 Å². The number of carbonyl (C=O) groups is 3. The highest BCUT2D eigenvalue weighted by atomic mass is 32.1. The predicted molar refractivity (Wildman–Crippen MR) is 87.3 cm³/mol. The minimum Gasteiger partial charge on any atom is -0.480 e. The Hall–Kier alpha value is -2.11. The van der Waals surface area contributed by atoms with Gasteiger partial charge in [-0.05, 0) is 6.92 Å². The van der Waals surface area contributed by atoms with Crippen LogP contribution in [0.25, 0.3) is 0 Å². The molecule has 4 atom stereocenters. The average molecular weight is 359 g/mol. The molecule has 0 radical (unpaired) electrons. The van der Waals surface area contributed by atoms with Crippen LogP contribution >= 0.6 is 12.6 Å². The molecule has 1 heterocycles. The number of hydrogen-bond donors (Lipinski definition) is 7. The second kappa shape index (κ2) is 9.25. The average Bonchev–Trinajstić information content (AvgIpc) is 3.01. The van der Waals surface area contributed by atoms with Crippen LogP contribution in [-0.4, -0.2) is 67.9 Å². The third kappa shape index (κ3) is 5.83. The molecule has 0 bridgehead atoms. The fourth-order valence-corrected chi connectivity index (χ4v) is 2.09. The van der Waals surface area contributed by atoms with Crippen LogP contribution in [0.15, 0.2) is 12.5 Å². The Balaban J connectivity index is 2.68. The number of nitrogens with two attached hydrogens (primary N) is 1. The van der Waals surface area contributed by atoms with Crippen LogP contribution in [0.1, 0.15) is 12.6 Å². The molecule has 11 heteroatoms. The third-order valence-corrected chi connectivity index (χ3v) is 3.56. The summed E-state index contributed by atoms with van der Waals surface area (Å²) in [4.78, 5) is 41.7. The lowest BCUT2D eigenvalue weighted by Gasteiger charge is -2.24. The first-order valence-electron chi connectivity index (χ1n) is 7.11. The zero-order valence-electron chi connectivity index (χ0n) is 13.0. The van der Waals surface area contributed by atoms with Crippen molar-refractivity contribution in [1.82, 2.24) is 20.6 Å². The summed E-state index contributed by atoms with van der Waals surface area (Å²) in [5.74, 6) is -2.91. The van der Waals surface area contributed by atoms with Crippen molar-refractivity contribution in [2.45, 2.75) is 37.6 Å². The molecular weight excluding hydrogens is 338 g/mol. The topological polar surface area (TPSA) is 170 Å². The number of carboxylic acid groups (broad SMARTS) is 1. The monoisotopic (exact) mass is 359 g/mol. The number of aliphatic hydroxyl groups is 1. The number of nitrogens with zero attached hydrogens (tertiary/aromatic N) is 1. The van der Waals surface area contributed by atoms with Gasteiger partial charge in [0, 0.05) is 24.1 Å². The van der Waals surface area contributed by atoms with E-state index in [1.807, 2.05) is 0 Å². The first-order chi connectivity index (χ1) is 11.3. The highest BCUT2D eigenvalue weighted by Crippen LogP contribution is 2.00. The van der Waals surface area contributed by atoms with Crippen molar-refractivity contribution < 1.29 is 24.6 Å². The van der Waals surface area contributed by atoms with Gasteiger partial charge in [0.25, 0.3) is 0 Å². The van der Waals surface area contributed by atoms with Crippen LogP contribution in [0.5, 0.6) is 0 Å². The maximum absolute atomic E-state index is 12.1. The van der Waals surface area contributed by atoms with Gasteiger partial charge in [-0.15, -0.1) is 0 Å². The molecule has 0 aliphatic heterocycles. The van der Waals surface area contributed by atoms with Gasteiger partial charge < -0.3 is 31.6 Å². The summed E-state index contributed by atoms with van der Waals surface area (Å²) in [5.41, 5.74) is 6.39. The predicted octanol–water partition coefficient (Wildman–Crippen LogP) is -2.36. The standard InChI is InChI=1S/C13H21N5O5S/c1-6(19)10(12(21)17-9(4-24)13(22)23)18-11(20)8(14)2-7-3-15-5-16-7/h3,5-6,8-10,19,24H,2,4,14H2,1H3,(H,15,16)(H,17,21)(H,18,20)(H,22,23). The van der Waals surface area contributed by atoms with Crippen molar-refractivity contribution in [3.05, 3.63) is 18.2 Å². The van der Waals surface area contributed by atoms with Crippen LogP contribution in [0, 0.1) is 0 Å². The van der Waals surface area contributed by atoms with E-state index in [0.29, 0.717) is 5.69 Å². The molecule has 0 saturated heterocycles. The van der Waals surface area contributed by atoms with Crippen molar-refractivity contribution in [2.24, 2.45) is 5.73 Å². The molecule has 0 spiro atoms. The van der Waals surface area contributed by atoms with Crippen molar-refractivity contribution in [3.63, 3.8) is 0 Å². The molecule has 134 valence electrons. The molecule has 10 nitrogen and oxygen atoms in total. The molecule has 0 aliphatic rings. The minimum absolute atomic E-state index is 0.138. The van der Waals surface area contributed by atoms with Gasteiger partial charge >= 0.3 is 5.97 Å². The normalized spacial score (nSPS) is 15.8. The summed E-state index contributed by atoms with van der Waals surface area (Å²) in [5, 5.41) is 23.1. The number of aliphatic carboxylic acids is 1. The highest BCUT2D eigenvalue weighted by Gasteiger charge is 2.30. The molecule has 24 heavy (non-hydrogen) atoms. The molecule has 4 unspecified atom stereocenters. The lowest BCUT2D eigenvalue weighted by Crippen LogP contribution is -2.58. The zero-order chi connectivity index (χ0) is 18.3. The molecule has 1 rings (SSSR count). The summed E-state index contributed by atoms with van der Waals surface area (Å²) >= 11 is 3.83. The summed E-state index contributed by atoms with van der Waals surface area (Å²) in [6.45, 7) is 1.29. The van der Waals surface area contributed by atoms with Gasteiger partial charge in [0.15, 0.2) is 0 Å². The molecule has 0 aliphatic carbocycles. The summed E-state index contributed by atoms with van der Waals surface area (Å²) < 4.78 is 0. The number of nitrogens with one attached hydrogen (secondary N) is 3. The molecular formula is C13H21N5O5S. The number of hydrogen-bond acceptors (Lipinski definition) is 7. The molecule has 2 amide bonds. The number of aromatic amines is 1. The summed E-state index contributed by atoms with van der Waals surface area (Å²) in [6.07, 6.45) is 1.86. The van der Waals surface area contributed by atoms with Gasteiger partial charge in [0.2, 0.25) is 11.8 Å². The Morgan fingerprint density at radius 1 is 1.38 bits per heavy atom. The molecule has 7 N–H and O–H groups in total. The number of carboxylic acids is 1. The number of H-pyrrole nitrogens is 1. The number of amides is 2. The first kappa shape index (κ1) is 19.9. The third-order valence-electron chi connectivity index (χ3n) is 3.19. The molecule has 0 fully saturated rings. The highest BCUT2D eigenvalue weighted by molar-refractivity contribution is 7.80. The fraction of sp³-hybridized carbons (Fsp3) is 0.538. The first-order valence-corrected chi connectivity index (χ1v) is 7.74. The van der Waals surface area contributed by atoms with E-state index in [4.69, 9.17) is 10.8 Å². The Kier molecular flexibility index (Phi) is 7.68. The smallest absolute Gasteiger partial charge is 0.327 e. The van der Waals surface area contributed by atoms with Crippen molar-refractivity contribution in [2.75, 3.05) is 5.75 Å². The minimum atomic E-state index is -1.34. The number of aliphatic hydroxyl groups excluding tert-OH is 1. The molecule has 1 aromatic rings. The van der Waals surface area contributed by atoms with Crippen molar-refractivity contribution in [1.29, 1.82) is 0 Å². The Labute approximate surface area is 143 Å². The van der Waals surface area contributed by atoms with Crippen LogP contribution in [0.4, 0.5) is 0 Å². The van der Waals surface area contributed by atoms with E-state index < -0.39 is 42.0 Å². The van der Waals surface area contributed by atoms with E-state index in [1.165, 1.54) is 19.4 Å². The van der Waals surface area contributed by atoms with E-state index in [-0.39, 0.29) is 12.2 Å². The number of carbonyl (C=O) groups excluding carboxylic acids is 2. The maximum atomic E-state index is 12.1. The Morgan fingerprint density at radius 3 is 2.50 bits per heavy atom. The van der Waals surface area contributed by atoms with Crippen molar-refractivity contribution >= 4 is 30.4 Å². The summed E-state index contributed by atoms with van der Waals surface area (Å²) in [6, 6.07) is -3.55. The molecule has 0 aromatic carbocycles. The van der Waals surface area contributed by atoms with Gasteiger partial charge in [-0.25, -0.2) is 9.78 Å². The van der Waals surface area contributed by atoms with E-state index in [2.05, 4.69) is 33.2 Å². The van der Waals surface area contributed by atoms with E-state index in [0.717, 1.165) is 0 Å². The lowest BCUT2D eigenvalue weighted by atomic mass is 10.1. The zero-order valence-corrected chi connectivity index (χ0v) is 13.9. The Bertz CT molecular complexity index is 565. The van der Waals surface area contributed by atoms with Gasteiger partial charge in [-0.2, -0.15) is 12.6 Å². The van der Waals surface area contributed by atoms with E-state index >= 15 is 0 Å². The van der Waals surface area contributed by atoms with Crippen LogP contribution in [0.3, 0.4) is 0 Å². The van der Waals surface area contributed by atoms with Crippen LogP contribution in [-0.2, 0) is 20.8 Å². The van der Waals surface area contributed by atoms with E-state index in [9.17, 15) is 19.5 Å². The van der Waals surface area contributed by atoms with Crippen LogP contribution < -0.4 is 16.4 Å². The SMILES string of the molecule is CC(O)C(NC(=O)C(N)Cc1cnc[nH]1)C(=O)NC(CS)C(=O)O. The number of rotatable bonds is 9. The van der Waals surface area contributed by atoms with E-state index in [1.54, 1.807) is 0 Å². The van der Waals surface area contributed by atoms with Gasteiger partial charge in [0.1, 0.15) is 12.1 Å². The Morgan fingerprint density at radius 2 is 2.04 bits per heavy atom. The van der Waals surface area contributed by atoms with Gasteiger partial charge in [-0.1, -0.05) is 0 Å². The quantitative estimate of drug-likeness (QED) is 0.242. The number of imidazole rings is 1. The maximum Gasteiger partial charge on any atom is 0.327 e. The lowest BCUT2D eigenvalue weighted by molar-refractivity contribution is -0.142. The van der Waals surface area contributed by atoms with Gasteiger partial charge in [0.05, 0.1) is 18.5 Å². The fourth-order valence-electron chi connectivity index (χ4n) is 1.84. The van der Waals surface area contributed by atoms with Crippen molar-refractivity contribution in [3.8, 4) is 0 Å². The molecule has 1 aromatic heterocycles. The largest absolute Gasteiger partial charge is 0.480 e. The second-order valence-electron chi connectivity index (χ2n) is 5.20. The summed E-state index contributed by atoms with van der Waals surface area (Å²) in [7, 11) is 0.